The van der Waals surface area contributed by atoms with Gasteiger partial charge < -0.3 is 4.74 Å². The number of aromatic nitrogens is 1. The number of nitrogens with zero attached hydrogens (tertiary/aromatic N) is 2. The van der Waals surface area contributed by atoms with Crippen LogP contribution in [0.25, 0.3) is 12.2 Å². The van der Waals surface area contributed by atoms with Gasteiger partial charge in [-0.25, -0.2) is 4.57 Å². The summed E-state index contributed by atoms with van der Waals surface area (Å²) in [6, 6.07) is 12.7. The van der Waals surface area contributed by atoms with Gasteiger partial charge in [0.05, 0.1) is 7.11 Å². The van der Waals surface area contributed by atoms with Gasteiger partial charge in [-0.2, -0.15) is 0 Å². The Bertz CT molecular complexity index is 703. The number of likely N-dealkylation sites (tertiary alicyclic amines) is 1. The highest BCUT2D eigenvalue weighted by Gasteiger charge is 2.13. The van der Waals surface area contributed by atoms with Gasteiger partial charge in [0.25, 0.3) is 0 Å². The van der Waals surface area contributed by atoms with Crippen molar-refractivity contribution < 1.29 is 9.30 Å². The molecule has 0 unspecified atom stereocenters. The molecule has 24 heavy (non-hydrogen) atoms. The van der Waals surface area contributed by atoms with Gasteiger partial charge in [0.1, 0.15) is 12.8 Å². The smallest absolute Gasteiger partial charge is 0.204 e. The van der Waals surface area contributed by atoms with Gasteiger partial charge in [-0.3, -0.25) is 4.90 Å². The minimum absolute atomic E-state index is 0.976. The summed E-state index contributed by atoms with van der Waals surface area (Å²) in [4.78, 5) is 2.53. The molecule has 1 aromatic carbocycles. The summed E-state index contributed by atoms with van der Waals surface area (Å²) in [5.41, 5.74) is 3.68. The number of methoxy groups -OCH3 is 1. The van der Waals surface area contributed by atoms with Gasteiger partial charge in [-0.1, -0.05) is 12.5 Å². The van der Waals surface area contributed by atoms with Crippen LogP contribution >= 0.6 is 0 Å². The lowest BCUT2D eigenvalue weighted by Gasteiger charge is -2.27. The maximum atomic E-state index is 5.57. The van der Waals surface area contributed by atoms with Crippen molar-refractivity contribution in [1.82, 2.24) is 4.90 Å². The number of aryl methyl sites for hydroxylation is 1. The van der Waals surface area contributed by atoms with Crippen LogP contribution in [0.3, 0.4) is 0 Å². The van der Waals surface area contributed by atoms with E-state index in [2.05, 4.69) is 65.2 Å². The molecule has 0 aliphatic carbocycles. The van der Waals surface area contributed by atoms with Crippen molar-refractivity contribution in [3.8, 4) is 5.75 Å². The van der Waals surface area contributed by atoms with Crippen LogP contribution in [0.5, 0.6) is 5.75 Å². The summed E-state index contributed by atoms with van der Waals surface area (Å²) in [6.45, 7) is 3.37. The molecule has 2 aromatic rings. The van der Waals surface area contributed by atoms with E-state index in [0.717, 1.165) is 12.3 Å². The molecule has 3 heteroatoms. The Labute approximate surface area is 145 Å². The van der Waals surface area contributed by atoms with E-state index in [0.29, 0.717) is 0 Å². The lowest BCUT2D eigenvalue weighted by Crippen LogP contribution is -2.30. The topological polar surface area (TPSA) is 16.4 Å². The number of benzene rings is 1. The third-order valence-electron chi connectivity index (χ3n) is 4.69. The van der Waals surface area contributed by atoms with Crippen molar-refractivity contribution in [2.24, 2.45) is 7.05 Å². The first-order valence-electron chi connectivity index (χ1n) is 8.78. The number of pyridine rings is 1. The highest BCUT2D eigenvalue weighted by Crippen LogP contribution is 2.24. The molecule has 3 rings (SSSR count). The zero-order valence-electron chi connectivity index (χ0n) is 14.7. The molecule has 0 bridgehead atoms. The molecule has 0 atom stereocenters. The van der Waals surface area contributed by atoms with E-state index in [-0.39, 0.29) is 0 Å². The van der Waals surface area contributed by atoms with Crippen LogP contribution in [0.1, 0.15) is 36.1 Å². The average Bonchev–Trinajstić information content (AvgIpc) is 2.62. The molecule has 126 valence electrons. The third kappa shape index (κ3) is 4.24. The van der Waals surface area contributed by atoms with Gasteiger partial charge in [0, 0.05) is 30.3 Å². The standard InChI is InChI=1S/C21H27N2O/c1-22-13-7-4-8-20(22)11-9-18-10-12-21(24-2)19(16-18)17-23-14-5-3-6-15-23/h4,7-13,16H,3,5-6,14-15,17H2,1-2H3/q+1/b11-9+. The third-order valence-corrected chi connectivity index (χ3v) is 4.69. The molecule has 0 amide bonds. The Kier molecular flexibility index (Phi) is 5.65. The number of hydrogen-bond donors (Lipinski definition) is 0. The SMILES string of the molecule is COc1ccc(/C=C/c2cccc[n+]2C)cc1CN1CCCCC1. The van der Waals surface area contributed by atoms with E-state index in [1.165, 1.54) is 49.2 Å². The normalized spacial score (nSPS) is 15.8. The maximum Gasteiger partial charge on any atom is 0.204 e. The van der Waals surface area contributed by atoms with E-state index < -0.39 is 0 Å². The summed E-state index contributed by atoms with van der Waals surface area (Å²) in [5.74, 6) is 0.989. The molecule has 1 aliphatic rings. The predicted octanol–water partition coefficient (Wildman–Crippen LogP) is 3.68. The van der Waals surface area contributed by atoms with Crippen molar-refractivity contribution in [2.45, 2.75) is 25.8 Å². The fourth-order valence-corrected chi connectivity index (χ4v) is 3.28. The quantitative estimate of drug-likeness (QED) is 0.781. The van der Waals surface area contributed by atoms with Crippen LogP contribution in [0, 0.1) is 0 Å². The second kappa shape index (κ2) is 8.11. The fraction of sp³-hybridized carbons (Fsp3) is 0.381. The van der Waals surface area contributed by atoms with Gasteiger partial charge in [0.2, 0.25) is 5.69 Å². The van der Waals surface area contributed by atoms with E-state index in [1.807, 2.05) is 6.07 Å². The summed E-state index contributed by atoms with van der Waals surface area (Å²) in [6.07, 6.45) is 10.4. The van der Waals surface area contributed by atoms with Crippen LogP contribution in [0.4, 0.5) is 0 Å². The first kappa shape index (κ1) is 16.7. The highest BCUT2D eigenvalue weighted by atomic mass is 16.5. The van der Waals surface area contributed by atoms with Crippen LogP contribution < -0.4 is 9.30 Å². The molecular weight excluding hydrogens is 296 g/mol. The Morgan fingerprint density at radius 1 is 1.08 bits per heavy atom. The van der Waals surface area contributed by atoms with Crippen LogP contribution in [-0.4, -0.2) is 25.1 Å². The molecule has 0 spiro atoms. The molecule has 1 aromatic heterocycles. The summed E-state index contributed by atoms with van der Waals surface area (Å²) in [7, 11) is 3.82. The van der Waals surface area contributed by atoms with Crippen LogP contribution in [0.2, 0.25) is 0 Å². The Morgan fingerprint density at radius 3 is 2.67 bits per heavy atom. The minimum atomic E-state index is 0.976. The molecule has 0 saturated carbocycles. The van der Waals surface area contributed by atoms with Crippen molar-refractivity contribution in [2.75, 3.05) is 20.2 Å². The van der Waals surface area contributed by atoms with Crippen LogP contribution in [-0.2, 0) is 13.6 Å². The summed E-state index contributed by atoms with van der Waals surface area (Å²) < 4.78 is 7.69. The van der Waals surface area contributed by atoms with Crippen molar-refractivity contribution in [3.63, 3.8) is 0 Å². The Morgan fingerprint density at radius 2 is 1.92 bits per heavy atom. The van der Waals surface area contributed by atoms with Crippen LogP contribution in [0.15, 0.2) is 42.6 Å². The first-order chi connectivity index (χ1) is 11.8. The second-order valence-electron chi connectivity index (χ2n) is 6.48. The van der Waals surface area contributed by atoms with E-state index in [4.69, 9.17) is 4.74 Å². The average molecular weight is 323 g/mol. The molecule has 0 N–H and O–H groups in total. The lowest BCUT2D eigenvalue weighted by molar-refractivity contribution is -0.673. The molecule has 1 fully saturated rings. The maximum absolute atomic E-state index is 5.57. The lowest BCUT2D eigenvalue weighted by atomic mass is 10.1. The highest BCUT2D eigenvalue weighted by molar-refractivity contribution is 5.67. The van der Waals surface area contributed by atoms with E-state index in [1.54, 1.807) is 7.11 Å². The fourth-order valence-electron chi connectivity index (χ4n) is 3.28. The first-order valence-corrected chi connectivity index (χ1v) is 8.78. The molecule has 3 nitrogen and oxygen atoms in total. The molecule has 1 aliphatic heterocycles. The number of ether oxygens (including phenoxy) is 1. The van der Waals surface area contributed by atoms with Gasteiger partial charge >= 0.3 is 0 Å². The largest absolute Gasteiger partial charge is 0.496 e. The summed E-state index contributed by atoms with van der Waals surface area (Å²) in [5, 5.41) is 0. The predicted molar refractivity (Wildman–Crippen MR) is 98.7 cm³/mol. The molecular formula is C21H27N2O+. The summed E-state index contributed by atoms with van der Waals surface area (Å²) >= 11 is 0. The zero-order chi connectivity index (χ0) is 16.8. The molecule has 0 radical (unpaired) electrons. The van der Waals surface area contributed by atoms with Gasteiger partial charge in [-0.05, 0) is 55.8 Å². The van der Waals surface area contributed by atoms with Gasteiger partial charge in [-0.15, -0.1) is 0 Å². The molecule has 1 saturated heterocycles. The number of piperidine rings is 1. The van der Waals surface area contributed by atoms with Crippen molar-refractivity contribution in [3.05, 3.63) is 59.4 Å². The monoisotopic (exact) mass is 323 g/mol. The van der Waals surface area contributed by atoms with Crippen molar-refractivity contribution >= 4 is 12.2 Å². The Balaban J connectivity index is 1.79. The second-order valence-corrected chi connectivity index (χ2v) is 6.48. The number of hydrogen-bond acceptors (Lipinski definition) is 2. The zero-order valence-corrected chi connectivity index (χ0v) is 14.7. The number of rotatable bonds is 5. The van der Waals surface area contributed by atoms with Gasteiger partial charge in [0.15, 0.2) is 6.20 Å². The Hall–Kier alpha value is -2.13. The molecule has 2 heterocycles. The van der Waals surface area contributed by atoms with E-state index in [9.17, 15) is 0 Å². The minimum Gasteiger partial charge on any atom is -0.496 e. The van der Waals surface area contributed by atoms with E-state index >= 15 is 0 Å². The van der Waals surface area contributed by atoms with Crippen molar-refractivity contribution in [1.29, 1.82) is 0 Å².